The number of aromatic nitrogens is 1. The molecular formula is C18H20ClN3O3S. The third kappa shape index (κ3) is 4.74. The number of hydrogen-bond donors (Lipinski definition) is 2. The van der Waals surface area contributed by atoms with Crippen LogP contribution >= 0.6 is 22.9 Å². The third-order valence-electron chi connectivity index (χ3n) is 4.36. The van der Waals surface area contributed by atoms with Crippen molar-refractivity contribution >= 4 is 34.7 Å². The maximum absolute atomic E-state index is 12.5. The fourth-order valence-electron chi connectivity index (χ4n) is 3.02. The van der Waals surface area contributed by atoms with Gasteiger partial charge in [-0.1, -0.05) is 48.2 Å². The molecular weight excluding hydrogens is 374 g/mol. The maximum Gasteiger partial charge on any atom is 0.228 e. The van der Waals surface area contributed by atoms with E-state index in [1.165, 1.54) is 17.8 Å². The Morgan fingerprint density at radius 2 is 2.12 bits per heavy atom. The molecule has 0 radical (unpaired) electrons. The summed E-state index contributed by atoms with van der Waals surface area (Å²) in [5.41, 5.74) is 0.523. The second-order valence-corrected chi connectivity index (χ2v) is 7.83. The fraction of sp³-hybridized carbons (Fsp3) is 0.389. The van der Waals surface area contributed by atoms with E-state index in [0.29, 0.717) is 15.8 Å². The molecule has 138 valence electrons. The summed E-state index contributed by atoms with van der Waals surface area (Å²) in [5.74, 6) is 0.460. The van der Waals surface area contributed by atoms with Gasteiger partial charge in [-0.2, -0.15) is 0 Å². The highest BCUT2D eigenvalue weighted by Gasteiger charge is 2.23. The summed E-state index contributed by atoms with van der Waals surface area (Å²) in [6.07, 6.45) is 6.68. The van der Waals surface area contributed by atoms with Crippen molar-refractivity contribution in [3.8, 4) is 5.75 Å². The molecule has 0 unspecified atom stereocenters. The molecule has 0 spiro atoms. The van der Waals surface area contributed by atoms with Gasteiger partial charge in [0.05, 0.1) is 10.4 Å². The minimum atomic E-state index is -0.110. The van der Waals surface area contributed by atoms with E-state index in [0.717, 1.165) is 30.6 Å². The lowest BCUT2D eigenvalue weighted by Gasteiger charge is -2.21. The van der Waals surface area contributed by atoms with Gasteiger partial charge < -0.3 is 15.3 Å². The Labute approximate surface area is 160 Å². The predicted molar refractivity (Wildman–Crippen MR) is 101 cm³/mol. The summed E-state index contributed by atoms with van der Waals surface area (Å²) >= 11 is 7.17. The Balaban J connectivity index is 1.70. The number of rotatable bonds is 5. The van der Waals surface area contributed by atoms with E-state index in [1.54, 1.807) is 24.4 Å². The van der Waals surface area contributed by atoms with Crippen LogP contribution in [0.25, 0.3) is 0 Å². The van der Waals surface area contributed by atoms with Gasteiger partial charge in [0.15, 0.2) is 10.3 Å². The number of thiazole rings is 1. The third-order valence-corrected chi connectivity index (χ3v) is 5.44. The normalized spacial score (nSPS) is 15.7. The van der Waals surface area contributed by atoms with Crippen molar-refractivity contribution in [2.75, 3.05) is 0 Å². The Morgan fingerprint density at radius 1 is 1.35 bits per heavy atom. The van der Waals surface area contributed by atoms with Crippen molar-refractivity contribution in [1.82, 2.24) is 10.3 Å². The number of carbonyl (C=O) groups is 1. The highest BCUT2D eigenvalue weighted by molar-refractivity contribution is 7.15. The first kappa shape index (κ1) is 18.7. The average molecular weight is 394 g/mol. The van der Waals surface area contributed by atoms with Gasteiger partial charge in [-0.25, -0.2) is 4.98 Å². The van der Waals surface area contributed by atoms with Crippen LogP contribution in [0, 0.1) is 5.92 Å². The number of para-hydroxylation sites is 1. The number of nitrogens with one attached hydrogen (secondary N) is 1. The van der Waals surface area contributed by atoms with Gasteiger partial charge in [0, 0.05) is 12.1 Å². The Bertz CT molecular complexity index is 787. The molecule has 1 saturated carbocycles. The van der Waals surface area contributed by atoms with E-state index < -0.39 is 0 Å². The minimum absolute atomic E-state index is 0.0343. The van der Waals surface area contributed by atoms with Gasteiger partial charge in [0.25, 0.3) is 0 Å². The molecule has 8 heteroatoms. The van der Waals surface area contributed by atoms with Crippen LogP contribution in [-0.2, 0) is 11.4 Å². The summed E-state index contributed by atoms with van der Waals surface area (Å²) in [6, 6.07) is 7.11. The molecule has 0 aliphatic heterocycles. The number of benzene rings is 1. The van der Waals surface area contributed by atoms with Crippen LogP contribution < -0.4 is 10.1 Å². The number of amides is 1. The van der Waals surface area contributed by atoms with Gasteiger partial charge in [-0.3, -0.25) is 4.79 Å². The van der Waals surface area contributed by atoms with Crippen LogP contribution in [0.4, 0.5) is 0 Å². The first-order valence-electron chi connectivity index (χ1n) is 8.52. The summed E-state index contributed by atoms with van der Waals surface area (Å²) in [7, 11) is 0. The second kappa shape index (κ2) is 9.00. The Morgan fingerprint density at radius 3 is 2.81 bits per heavy atom. The molecule has 1 fully saturated rings. The van der Waals surface area contributed by atoms with Crippen LogP contribution in [0.1, 0.15) is 42.5 Å². The van der Waals surface area contributed by atoms with E-state index in [1.807, 2.05) is 6.07 Å². The van der Waals surface area contributed by atoms with Crippen molar-refractivity contribution in [2.24, 2.45) is 11.1 Å². The standard InChI is InChI=1S/C18H20ClN3O3S/c19-18-20-10-13(26-18)11-25-15-9-5-4-8-14(15)16(22-24)21-17(23)12-6-2-1-3-7-12/h4-5,8-10,12,24H,1-3,6-7,11H2,(H,21,22,23). The number of amidine groups is 1. The summed E-state index contributed by atoms with van der Waals surface area (Å²) in [6.45, 7) is 0.288. The van der Waals surface area contributed by atoms with Gasteiger partial charge in [-0.05, 0) is 25.0 Å². The fourth-order valence-corrected chi connectivity index (χ4v) is 3.91. The molecule has 3 rings (SSSR count). The summed E-state index contributed by atoms with van der Waals surface area (Å²) in [5, 5.41) is 15.5. The van der Waals surface area contributed by atoms with E-state index in [9.17, 15) is 10.0 Å². The number of halogens is 1. The molecule has 1 aliphatic rings. The van der Waals surface area contributed by atoms with E-state index in [4.69, 9.17) is 16.3 Å². The number of carbonyl (C=O) groups excluding carboxylic acids is 1. The largest absolute Gasteiger partial charge is 0.487 e. The zero-order valence-electron chi connectivity index (χ0n) is 14.2. The minimum Gasteiger partial charge on any atom is -0.487 e. The summed E-state index contributed by atoms with van der Waals surface area (Å²) in [4.78, 5) is 17.3. The first-order valence-corrected chi connectivity index (χ1v) is 9.72. The molecule has 0 saturated heterocycles. The quantitative estimate of drug-likeness (QED) is 0.345. The highest BCUT2D eigenvalue weighted by atomic mass is 35.5. The lowest BCUT2D eigenvalue weighted by molar-refractivity contribution is -0.124. The molecule has 0 bridgehead atoms. The molecule has 0 atom stereocenters. The zero-order valence-corrected chi connectivity index (χ0v) is 15.7. The van der Waals surface area contributed by atoms with Gasteiger partial charge in [0.1, 0.15) is 12.4 Å². The molecule has 2 aromatic rings. The summed E-state index contributed by atoms with van der Waals surface area (Å²) < 4.78 is 6.27. The van der Waals surface area contributed by atoms with E-state index in [-0.39, 0.29) is 24.3 Å². The smallest absolute Gasteiger partial charge is 0.228 e. The number of ether oxygens (including phenoxy) is 1. The van der Waals surface area contributed by atoms with Crippen LogP contribution in [0.5, 0.6) is 5.75 Å². The molecule has 26 heavy (non-hydrogen) atoms. The number of hydrogen-bond acceptors (Lipinski definition) is 6. The highest BCUT2D eigenvalue weighted by Crippen LogP contribution is 2.25. The van der Waals surface area contributed by atoms with Crippen LogP contribution in [0.15, 0.2) is 35.6 Å². The van der Waals surface area contributed by atoms with Crippen LogP contribution in [-0.4, -0.2) is 21.9 Å². The molecule has 1 aromatic heterocycles. The molecule has 1 aliphatic carbocycles. The van der Waals surface area contributed by atoms with E-state index >= 15 is 0 Å². The van der Waals surface area contributed by atoms with Gasteiger partial charge >= 0.3 is 0 Å². The van der Waals surface area contributed by atoms with Crippen molar-refractivity contribution in [3.05, 3.63) is 45.4 Å². The molecule has 1 amide bonds. The maximum atomic E-state index is 12.5. The average Bonchev–Trinajstić information content (AvgIpc) is 3.10. The lowest BCUT2D eigenvalue weighted by atomic mass is 9.88. The van der Waals surface area contributed by atoms with Crippen molar-refractivity contribution in [2.45, 2.75) is 38.7 Å². The van der Waals surface area contributed by atoms with Crippen molar-refractivity contribution < 1.29 is 14.7 Å². The van der Waals surface area contributed by atoms with Crippen molar-refractivity contribution in [3.63, 3.8) is 0 Å². The Hall–Kier alpha value is -2.12. The SMILES string of the molecule is O=C(NC(=NO)c1ccccc1OCc1cnc(Cl)s1)C1CCCCC1. The molecule has 2 N–H and O–H groups in total. The van der Waals surface area contributed by atoms with Gasteiger partial charge in [-0.15, -0.1) is 11.3 Å². The second-order valence-electron chi connectivity index (χ2n) is 6.14. The number of oxime groups is 1. The van der Waals surface area contributed by atoms with Gasteiger partial charge in [0.2, 0.25) is 5.91 Å². The van der Waals surface area contributed by atoms with E-state index in [2.05, 4.69) is 15.5 Å². The topological polar surface area (TPSA) is 83.8 Å². The monoisotopic (exact) mass is 393 g/mol. The van der Waals surface area contributed by atoms with Crippen molar-refractivity contribution in [1.29, 1.82) is 0 Å². The molecule has 6 nitrogen and oxygen atoms in total. The number of nitrogens with zero attached hydrogens (tertiary/aromatic N) is 2. The Kier molecular flexibility index (Phi) is 6.46. The van der Waals surface area contributed by atoms with Crippen LogP contribution in [0.2, 0.25) is 4.47 Å². The molecule has 1 heterocycles. The predicted octanol–water partition coefficient (Wildman–Crippen LogP) is 4.21. The lowest BCUT2D eigenvalue weighted by Crippen LogP contribution is -2.37. The zero-order chi connectivity index (χ0) is 18.4. The molecule has 1 aromatic carbocycles. The van der Waals surface area contributed by atoms with Crippen LogP contribution in [0.3, 0.4) is 0 Å². The first-order chi connectivity index (χ1) is 12.7.